The van der Waals surface area contributed by atoms with Crippen molar-refractivity contribution in [1.29, 1.82) is 0 Å². The molecule has 1 atom stereocenters. The van der Waals surface area contributed by atoms with E-state index in [4.69, 9.17) is 22.4 Å². The van der Waals surface area contributed by atoms with Crippen LogP contribution in [0.25, 0.3) is 0 Å². The van der Waals surface area contributed by atoms with E-state index in [9.17, 15) is 14.4 Å². The molecule has 0 saturated carbocycles. The van der Waals surface area contributed by atoms with Gasteiger partial charge in [-0.05, 0) is 30.7 Å². The van der Waals surface area contributed by atoms with Crippen LogP contribution in [0, 0.1) is 6.92 Å². The number of hydrogen-bond acceptors (Lipinski definition) is 3. The summed E-state index contributed by atoms with van der Waals surface area (Å²) in [4.78, 5) is 33.5. The van der Waals surface area contributed by atoms with Crippen molar-refractivity contribution in [2.24, 2.45) is 5.73 Å². The second-order valence-corrected chi connectivity index (χ2v) is 4.43. The Balaban J connectivity index is 2.87. The topological polar surface area (TPSA) is 109 Å². The molecule has 7 heteroatoms. The first-order chi connectivity index (χ1) is 8.81. The molecule has 1 unspecified atom stereocenters. The summed E-state index contributed by atoms with van der Waals surface area (Å²) in [6, 6.07) is 3.24. The smallest absolute Gasteiger partial charge is 0.326 e. The second-order valence-electron chi connectivity index (χ2n) is 3.99. The average molecular weight is 285 g/mol. The number of amides is 2. The minimum Gasteiger partial charge on any atom is -0.480 e. The summed E-state index contributed by atoms with van der Waals surface area (Å²) < 4.78 is 0. The third kappa shape index (κ3) is 4.26. The average Bonchev–Trinajstić information content (AvgIpc) is 2.26. The maximum absolute atomic E-state index is 11.9. The molecule has 0 fully saturated rings. The van der Waals surface area contributed by atoms with Crippen LogP contribution in [0.3, 0.4) is 0 Å². The van der Waals surface area contributed by atoms with Gasteiger partial charge in [0.1, 0.15) is 6.04 Å². The maximum Gasteiger partial charge on any atom is 0.326 e. The molecule has 0 aliphatic rings. The third-order valence-electron chi connectivity index (χ3n) is 2.44. The number of carboxylic acid groups (broad SMARTS) is 1. The van der Waals surface area contributed by atoms with Gasteiger partial charge in [-0.2, -0.15) is 0 Å². The van der Waals surface area contributed by atoms with E-state index in [-0.39, 0.29) is 0 Å². The lowest BCUT2D eigenvalue weighted by atomic mass is 10.1. The van der Waals surface area contributed by atoms with Gasteiger partial charge in [-0.25, -0.2) is 4.79 Å². The predicted molar refractivity (Wildman–Crippen MR) is 68.9 cm³/mol. The molecule has 0 bridgehead atoms. The molecule has 19 heavy (non-hydrogen) atoms. The Bertz CT molecular complexity index is 530. The Morgan fingerprint density at radius 1 is 1.42 bits per heavy atom. The summed E-state index contributed by atoms with van der Waals surface area (Å²) in [5.74, 6) is -2.72. The molecule has 0 heterocycles. The highest BCUT2D eigenvalue weighted by Crippen LogP contribution is 2.15. The van der Waals surface area contributed by atoms with Crippen molar-refractivity contribution in [1.82, 2.24) is 5.32 Å². The molecule has 4 N–H and O–H groups in total. The van der Waals surface area contributed by atoms with Gasteiger partial charge in [0.05, 0.1) is 6.42 Å². The summed E-state index contributed by atoms with van der Waals surface area (Å²) in [5.41, 5.74) is 5.82. The number of rotatable bonds is 5. The van der Waals surface area contributed by atoms with Gasteiger partial charge in [0, 0.05) is 10.6 Å². The molecule has 1 aromatic carbocycles. The minimum atomic E-state index is -1.35. The highest BCUT2D eigenvalue weighted by Gasteiger charge is 2.23. The van der Waals surface area contributed by atoms with Gasteiger partial charge >= 0.3 is 5.97 Å². The normalized spacial score (nSPS) is 11.7. The molecule has 0 radical (unpaired) electrons. The Morgan fingerprint density at radius 3 is 2.53 bits per heavy atom. The van der Waals surface area contributed by atoms with Gasteiger partial charge in [0.25, 0.3) is 5.91 Å². The fourth-order valence-electron chi connectivity index (χ4n) is 1.52. The third-order valence-corrected chi connectivity index (χ3v) is 2.68. The highest BCUT2D eigenvalue weighted by molar-refractivity contribution is 6.30. The van der Waals surface area contributed by atoms with Crippen molar-refractivity contribution in [2.75, 3.05) is 0 Å². The van der Waals surface area contributed by atoms with E-state index in [1.807, 2.05) is 0 Å². The predicted octanol–water partition coefficient (Wildman–Crippen LogP) is 0.707. The van der Waals surface area contributed by atoms with Crippen molar-refractivity contribution in [3.8, 4) is 0 Å². The first kappa shape index (κ1) is 15.0. The Labute approximate surface area is 114 Å². The number of benzene rings is 1. The van der Waals surface area contributed by atoms with Crippen molar-refractivity contribution in [3.63, 3.8) is 0 Å². The summed E-state index contributed by atoms with van der Waals surface area (Å²) >= 11 is 5.76. The van der Waals surface area contributed by atoms with Crippen LogP contribution >= 0.6 is 11.6 Å². The Kier molecular flexibility index (Phi) is 4.88. The van der Waals surface area contributed by atoms with Crippen molar-refractivity contribution >= 4 is 29.4 Å². The molecule has 1 rings (SSSR count). The molecule has 2 amide bonds. The number of carbonyl (C=O) groups excluding carboxylic acids is 2. The lowest BCUT2D eigenvalue weighted by Crippen LogP contribution is -2.43. The van der Waals surface area contributed by atoms with Gasteiger partial charge < -0.3 is 16.2 Å². The van der Waals surface area contributed by atoms with Crippen molar-refractivity contribution < 1.29 is 19.5 Å². The number of nitrogens with two attached hydrogens (primary N) is 1. The fourth-order valence-corrected chi connectivity index (χ4v) is 1.75. The van der Waals surface area contributed by atoms with Gasteiger partial charge in [-0.3, -0.25) is 9.59 Å². The van der Waals surface area contributed by atoms with Crippen LogP contribution < -0.4 is 11.1 Å². The number of nitrogens with one attached hydrogen (secondary N) is 1. The van der Waals surface area contributed by atoms with Gasteiger partial charge in [-0.15, -0.1) is 0 Å². The zero-order chi connectivity index (χ0) is 14.6. The molecule has 0 aromatic heterocycles. The van der Waals surface area contributed by atoms with E-state index < -0.39 is 30.2 Å². The zero-order valence-electron chi connectivity index (χ0n) is 10.1. The van der Waals surface area contributed by atoms with Crippen molar-refractivity contribution in [2.45, 2.75) is 19.4 Å². The van der Waals surface area contributed by atoms with Crippen LogP contribution in [-0.4, -0.2) is 28.9 Å². The van der Waals surface area contributed by atoms with E-state index in [0.717, 1.165) is 0 Å². The first-order valence-corrected chi connectivity index (χ1v) is 5.77. The maximum atomic E-state index is 11.9. The molecule has 0 aliphatic carbocycles. The summed E-state index contributed by atoms with van der Waals surface area (Å²) in [6.45, 7) is 1.67. The molecule has 0 aliphatic heterocycles. The Hall–Kier alpha value is -2.08. The number of hydrogen-bond donors (Lipinski definition) is 3. The molecule has 1 aromatic rings. The van der Waals surface area contributed by atoms with Crippen LogP contribution in [0.4, 0.5) is 0 Å². The largest absolute Gasteiger partial charge is 0.480 e. The van der Waals surface area contributed by atoms with E-state index in [2.05, 4.69) is 5.32 Å². The molecule has 0 spiro atoms. The lowest BCUT2D eigenvalue weighted by Gasteiger charge is -2.14. The minimum absolute atomic E-state index is 0.292. The summed E-state index contributed by atoms with van der Waals surface area (Å²) in [7, 11) is 0. The molecule has 6 nitrogen and oxygen atoms in total. The van der Waals surface area contributed by atoms with Crippen LogP contribution in [0.1, 0.15) is 22.3 Å². The van der Waals surface area contributed by atoms with Crippen LogP contribution in [0.2, 0.25) is 5.02 Å². The quantitative estimate of drug-likeness (QED) is 0.739. The lowest BCUT2D eigenvalue weighted by molar-refractivity contribution is -0.140. The van der Waals surface area contributed by atoms with E-state index in [1.54, 1.807) is 13.0 Å². The number of halogens is 1. The van der Waals surface area contributed by atoms with Crippen LogP contribution in [-0.2, 0) is 9.59 Å². The number of carbonyl (C=O) groups is 3. The van der Waals surface area contributed by atoms with E-state index in [0.29, 0.717) is 16.1 Å². The monoisotopic (exact) mass is 284 g/mol. The van der Waals surface area contributed by atoms with Gasteiger partial charge in [0.15, 0.2) is 0 Å². The van der Waals surface area contributed by atoms with Gasteiger partial charge in [0.2, 0.25) is 5.91 Å². The number of aryl methyl sites for hydroxylation is 1. The summed E-state index contributed by atoms with van der Waals surface area (Å²) in [6.07, 6.45) is -0.465. The molecular formula is C12H13ClN2O4. The fraction of sp³-hybridized carbons (Fsp3) is 0.250. The van der Waals surface area contributed by atoms with E-state index in [1.165, 1.54) is 12.1 Å². The number of primary amides is 1. The van der Waals surface area contributed by atoms with Gasteiger partial charge in [-0.1, -0.05) is 11.6 Å². The zero-order valence-corrected chi connectivity index (χ0v) is 10.9. The van der Waals surface area contributed by atoms with Crippen LogP contribution in [0.5, 0.6) is 0 Å². The standard InChI is InChI=1S/C12H13ClN2O4/c1-6-4-7(13)2-3-8(6)11(17)15-9(12(18)19)5-10(14)16/h2-4,9H,5H2,1H3,(H2,14,16)(H,15,17)(H,18,19). The molecule has 0 saturated heterocycles. The SMILES string of the molecule is Cc1cc(Cl)ccc1C(=O)NC(CC(N)=O)C(=O)O. The number of aliphatic carboxylic acids is 1. The van der Waals surface area contributed by atoms with Crippen LogP contribution in [0.15, 0.2) is 18.2 Å². The number of carboxylic acids is 1. The molecular weight excluding hydrogens is 272 g/mol. The summed E-state index contributed by atoms with van der Waals surface area (Å²) in [5, 5.41) is 11.6. The Morgan fingerprint density at radius 2 is 2.05 bits per heavy atom. The highest BCUT2D eigenvalue weighted by atomic mass is 35.5. The second kappa shape index (κ2) is 6.19. The molecule has 102 valence electrons. The van der Waals surface area contributed by atoms with E-state index >= 15 is 0 Å². The first-order valence-electron chi connectivity index (χ1n) is 5.39. The van der Waals surface area contributed by atoms with Crippen molar-refractivity contribution in [3.05, 3.63) is 34.3 Å².